The highest BCUT2D eigenvalue weighted by molar-refractivity contribution is 7.85. The van der Waals surface area contributed by atoms with Crippen LogP contribution in [0.4, 0.5) is 5.69 Å². The SMILES string of the molecule is COCCCS(=O)c1cc(OC)ccc1N. The van der Waals surface area contributed by atoms with Crippen LogP contribution in [0.2, 0.25) is 0 Å². The summed E-state index contributed by atoms with van der Waals surface area (Å²) in [4.78, 5) is 0.635. The van der Waals surface area contributed by atoms with Gasteiger partial charge < -0.3 is 15.2 Å². The molecule has 1 atom stereocenters. The van der Waals surface area contributed by atoms with E-state index < -0.39 is 10.8 Å². The number of nitrogens with two attached hydrogens (primary N) is 1. The Morgan fingerprint density at radius 1 is 1.38 bits per heavy atom. The van der Waals surface area contributed by atoms with E-state index in [1.54, 1.807) is 32.4 Å². The van der Waals surface area contributed by atoms with Gasteiger partial charge in [0.2, 0.25) is 0 Å². The highest BCUT2D eigenvalue weighted by Crippen LogP contribution is 2.23. The molecule has 0 aliphatic heterocycles. The van der Waals surface area contributed by atoms with Crippen LogP contribution in [-0.4, -0.2) is 30.8 Å². The van der Waals surface area contributed by atoms with Gasteiger partial charge in [-0.05, 0) is 24.6 Å². The number of anilines is 1. The van der Waals surface area contributed by atoms with Gasteiger partial charge in [0.15, 0.2) is 0 Å². The molecule has 1 rings (SSSR count). The van der Waals surface area contributed by atoms with Crippen molar-refractivity contribution in [2.24, 2.45) is 0 Å². The minimum absolute atomic E-state index is 0.538. The van der Waals surface area contributed by atoms with Crippen LogP contribution < -0.4 is 10.5 Å². The molecular weight excluding hydrogens is 226 g/mol. The number of methoxy groups -OCH3 is 2. The molecule has 0 bridgehead atoms. The first-order valence-electron chi connectivity index (χ1n) is 5.00. The molecule has 0 amide bonds. The summed E-state index contributed by atoms with van der Waals surface area (Å²) in [5.41, 5.74) is 6.31. The summed E-state index contributed by atoms with van der Waals surface area (Å²) in [5, 5.41) is 0. The Morgan fingerprint density at radius 2 is 2.12 bits per heavy atom. The van der Waals surface area contributed by atoms with Crippen molar-refractivity contribution in [2.75, 3.05) is 32.3 Å². The molecule has 1 aromatic rings. The summed E-state index contributed by atoms with van der Waals surface area (Å²) in [5.74, 6) is 1.22. The normalized spacial score (nSPS) is 12.4. The van der Waals surface area contributed by atoms with Gasteiger partial charge in [-0.1, -0.05) is 0 Å². The largest absolute Gasteiger partial charge is 0.497 e. The number of benzene rings is 1. The lowest BCUT2D eigenvalue weighted by Crippen LogP contribution is -2.04. The summed E-state index contributed by atoms with van der Waals surface area (Å²) in [6.45, 7) is 0.607. The fourth-order valence-corrected chi connectivity index (χ4v) is 2.46. The summed E-state index contributed by atoms with van der Waals surface area (Å²) >= 11 is 0. The summed E-state index contributed by atoms with van der Waals surface area (Å²) in [6, 6.07) is 5.19. The first-order valence-corrected chi connectivity index (χ1v) is 6.31. The third kappa shape index (κ3) is 3.50. The van der Waals surface area contributed by atoms with E-state index in [2.05, 4.69) is 0 Å². The molecule has 0 heterocycles. The van der Waals surface area contributed by atoms with Gasteiger partial charge in [0.1, 0.15) is 5.75 Å². The van der Waals surface area contributed by atoms with Gasteiger partial charge >= 0.3 is 0 Å². The van der Waals surface area contributed by atoms with Crippen LogP contribution in [-0.2, 0) is 15.5 Å². The highest BCUT2D eigenvalue weighted by Gasteiger charge is 2.09. The Labute approximate surface area is 98.2 Å². The average Bonchev–Trinajstić information content (AvgIpc) is 2.30. The van der Waals surface area contributed by atoms with Crippen molar-refractivity contribution in [1.29, 1.82) is 0 Å². The predicted octanol–water partition coefficient (Wildman–Crippen LogP) is 1.42. The van der Waals surface area contributed by atoms with Gasteiger partial charge in [-0.25, -0.2) is 0 Å². The zero-order valence-electron chi connectivity index (χ0n) is 9.56. The average molecular weight is 243 g/mol. The quantitative estimate of drug-likeness (QED) is 0.606. The van der Waals surface area contributed by atoms with Crippen LogP contribution in [0, 0.1) is 0 Å². The van der Waals surface area contributed by atoms with Gasteiger partial charge in [-0.3, -0.25) is 4.21 Å². The van der Waals surface area contributed by atoms with Gasteiger partial charge in [0, 0.05) is 25.2 Å². The van der Waals surface area contributed by atoms with Crippen LogP contribution in [0.15, 0.2) is 23.1 Å². The number of ether oxygens (including phenoxy) is 2. The molecule has 0 saturated carbocycles. The van der Waals surface area contributed by atoms with Crippen molar-refractivity contribution in [3.63, 3.8) is 0 Å². The molecule has 0 fully saturated rings. The smallest absolute Gasteiger partial charge is 0.120 e. The molecule has 0 aliphatic rings. The molecule has 0 spiro atoms. The summed E-state index contributed by atoms with van der Waals surface area (Å²) in [7, 11) is 2.11. The van der Waals surface area contributed by atoms with Crippen molar-refractivity contribution >= 4 is 16.5 Å². The molecule has 90 valence electrons. The fourth-order valence-electron chi connectivity index (χ4n) is 1.28. The lowest BCUT2D eigenvalue weighted by molar-refractivity contribution is 0.200. The van der Waals surface area contributed by atoms with Crippen LogP contribution in [0.5, 0.6) is 5.75 Å². The second kappa shape index (κ2) is 6.50. The van der Waals surface area contributed by atoms with E-state index >= 15 is 0 Å². The lowest BCUT2D eigenvalue weighted by Gasteiger charge is -2.07. The third-order valence-corrected chi connectivity index (χ3v) is 3.65. The summed E-state index contributed by atoms with van der Waals surface area (Å²) < 4.78 is 21.9. The molecule has 5 heteroatoms. The maximum absolute atomic E-state index is 11.9. The Hall–Kier alpha value is -1.07. The molecule has 0 saturated heterocycles. The first kappa shape index (κ1) is 13.0. The van der Waals surface area contributed by atoms with E-state index in [4.69, 9.17) is 15.2 Å². The molecule has 2 N–H and O–H groups in total. The van der Waals surface area contributed by atoms with Gasteiger partial charge in [-0.15, -0.1) is 0 Å². The second-order valence-corrected chi connectivity index (χ2v) is 4.84. The van der Waals surface area contributed by atoms with Gasteiger partial charge in [-0.2, -0.15) is 0 Å². The molecule has 16 heavy (non-hydrogen) atoms. The Morgan fingerprint density at radius 3 is 2.75 bits per heavy atom. The molecule has 4 nitrogen and oxygen atoms in total. The lowest BCUT2D eigenvalue weighted by atomic mass is 10.3. The third-order valence-electron chi connectivity index (χ3n) is 2.14. The second-order valence-electron chi connectivity index (χ2n) is 3.30. The van der Waals surface area contributed by atoms with Crippen molar-refractivity contribution in [3.05, 3.63) is 18.2 Å². The topological polar surface area (TPSA) is 61.5 Å². The zero-order chi connectivity index (χ0) is 12.0. The number of nitrogen functional groups attached to an aromatic ring is 1. The van der Waals surface area contributed by atoms with Crippen LogP contribution >= 0.6 is 0 Å². The minimum Gasteiger partial charge on any atom is -0.497 e. The van der Waals surface area contributed by atoms with E-state index in [1.165, 1.54) is 0 Å². The molecule has 1 aromatic carbocycles. The fraction of sp³-hybridized carbons (Fsp3) is 0.455. The van der Waals surface area contributed by atoms with Crippen LogP contribution in [0.3, 0.4) is 0 Å². The van der Waals surface area contributed by atoms with E-state index in [0.717, 1.165) is 6.42 Å². The van der Waals surface area contributed by atoms with Crippen molar-refractivity contribution < 1.29 is 13.7 Å². The van der Waals surface area contributed by atoms with Gasteiger partial charge in [0.25, 0.3) is 0 Å². The van der Waals surface area contributed by atoms with Crippen molar-refractivity contribution in [3.8, 4) is 5.75 Å². The Kier molecular flexibility index (Phi) is 5.28. The van der Waals surface area contributed by atoms with Crippen molar-refractivity contribution in [1.82, 2.24) is 0 Å². The Balaban J connectivity index is 2.73. The first-order chi connectivity index (χ1) is 7.69. The Bertz CT molecular complexity index is 368. The van der Waals surface area contributed by atoms with E-state index in [1.807, 2.05) is 0 Å². The number of hydrogen-bond donors (Lipinski definition) is 1. The van der Waals surface area contributed by atoms with Gasteiger partial charge in [0.05, 0.1) is 22.8 Å². The van der Waals surface area contributed by atoms with E-state index in [-0.39, 0.29) is 0 Å². The molecule has 0 radical (unpaired) electrons. The number of rotatable bonds is 6. The predicted molar refractivity (Wildman–Crippen MR) is 65.2 cm³/mol. The molecule has 0 aliphatic carbocycles. The van der Waals surface area contributed by atoms with Crippen LogP contribution in [0.1, 0.15) is 6.42 Å². The molecular formula is C11H17NO3S. The maximum atomic E-state index is 11.9. The monoisotopic (exact) mass is 243 g/mol. The molecule has 1 unspecified atom stereocenters. The summed E-state index contributed by atoms with van der Waals surface area (Å²) in [6.07, 6.45) is 0.750. The van der Waals surface area contributed by atoms with Crippen LogP contribution in [0.25, 0.3) is 0 Å². The van der Waals surface area contributed by atoms with E-state index in [9.17, 15) is 4.21 Å². The standard InChI is InChI=1S/C11H17NO3S/c1-14-6-3-7-16(13)11-8-9(15-2)4-5-10(11)12/h4-5,8H,3,6-7,12H2,1-2H3. The minimum atomic E-state index is -1.09. The highest BCUT2D eigenvalue weighted by atomic mass is 32.2. The maximum Gasteiger partial charge on any atom is 0.120 e. The van der Waals surface area contributed by atoms with Crippen molar-refractivity contribution in [2.45, 2.75) is 11.3 Å². The number of hydrogen-bond acceptors (Lipinski definition) is 4. The van der Waals surface area contributed by atoms with E-state index in [0.29, 0.717) is 28.7 Å². The molecule has 0 aromatic heterocycles. The zero-order valence-corrected chi connectivity index (χ0v) is 10.4.